The maximum atomic E-state index is 12.8. The van der Waals surface area contributed by atoms with Gasteiger partial charge in [0.25, 0.3) is 0 Å². The number of unbranched alkanes of at least 4 members (excludes halogenated alkanes) is 1. The summed E-state index contributed by atoms with van der Waals surface area (Å²) in [7, 11) is 0. The standard InChI is InChI=1S/C26H32N2O6/c1-5-6-15-26(22(29)30,28-24(32)34-25(2,3)4)27-23(31)33-16-21-19-13-9-7-11-17(19)18-12-8-10-14-20(18)21/h7-14,21H,5-6,15-16H2,1-4H3,(H,27,31)(H,28,32)(H,29,30). The van der Waals surface area contributed by atoms with Crippen molar-refractivity contribution in [1.29, 1.82) is 0 Å². The number of carbonyl (C=O) groups excluding carboxylic acids is 2. The second-order valence-electron chi connectivity index (χ2n) is 9.39. The van der Waals surface area contributed by atoms with E-state index in [9.17, 15) is 19.5 Å². The van der Waals surface area contributed by atoms with Crippen LogP contribution in [0.25, 0.3) is 11.1 Å². The molecule has 3 rings (SSSR count). The zero-order chi connectivity index (χ0) is 24.9. The van der Waals surface area contributed by atoms with Crippen LogP contribution in [0.15, 0.2) is 48.5 Å². The van der Waals surface area contributed by atoms with Gasteiger partial charge in [-0.2, -0.15) is 0 Å². The van der Waals surface area contributed by atoms with Crippen LogP contribution in [0.4, 0.5) is 9.59 Å². The Bertz CT molecular complexity index is 1020. The van der Waals surface area contributed by atoms with Gasteiger partial charge >= 0.3 is 18.2 Å². The first kappa shape index (κ1) is 25.1. The second kappa shape index (κ2) is 10.2. The van der Waals surface area contributed by atoms with Crippen molar-refractivity contribution in [2.75, 3.05) is 6.61 Å². The molecule has 34 heavy (non-hydrogen) atoms. The highest BCUT2D eigenvalue weighted by Crippen LogP contribution is 2.44. The molecule has 8 nitrogen and oxygen atoms in total. The number of carboxylic acids is 1. The fraction of sp³-hybridized carbons (Fsp3) is 0.423. The Morgan fingerprint density at radius 1 is 0.912 bits per heavy atom. The van der Waals surface area contributed by atoms with Crippen LogP contribution in [0, 0.1) is 0 Å². The van der Waals surface area contributed by atoms with E-state index in [1.54, 1.807) is 20.8 Å². The van der Waals surface area contributed by atoms with Crippen LogP contribution in [0.5, 0.6) is 0 Å². The summed E-state index contributed by atoms with van der Waals surface area (Å²) in [5, 5.41) is 14.7. The Balaban J connectivity index is 1.76. The zero-order valence-electron chi connectivity index (χ0n) is 20.0. The van der Waals surface area contributed by atoms with Gasteiger partial charge in [-0.3, -0.25) is 10.6 Å². The van der Waals surface area contributed by atoms with Crippen molar-refractivity contribution >= 4 is 18.2 Å². The molecule has 1 aliphatic carbocycles. The molecule has 0 heterocycles. The van der Waals surface area contributed by atoms with Crippen LogP contribution in [-0.2, 0) is 14.3 Å². The quantitative estimate of drug-likeness (QED) is 0.469. The van der Waals surface area contributed by atoms with Crippen molar-refractivity contribution in [2.45, 2.75) is 64.1 Å². The van der Waals surface area contributed by atoms with Gasteiger partial charge < -0.3 is 14.6 Å². The molecule has 2 amide bonds. The van der Waals surface area contributed by atoms with Gasteiger partial charge in [0.1, 0.15) is 12.2 Å². The van der Waals surface area contributed by atoms with Crippen LogP contribution in [-0.4, -0.2) is 41.1 Å². The van der Waals surface area contributed by atoms with E-state index in [0.717, 1.165) is 22.3 Å². The molecule has 2 aromatic rings. The molecular weight excluding hydrogens is 436 g/mol. The van der Waals surface area contributed by atoms with Crippen molar-refractivity contribution in [1.82, 2.24) is 10.6 Å². The fourth-order valence-corrected chi connectivity index (χ4v) is 4.10. The summed E-state index contributed by atoms with van der Waals surface area (Å²) in [5.41, 5.74) is 1.37. The Morgan fingerprint density at radius 3 is 1.94 bits per heavy atom. The first-order valence-corrected chi connectivity index (χ1v) is 11.4. The number of carboxylic acid groups (broad SMARTS) is 1. The van der Waals surface area contributed by atoms with E-state index in [0.29, 0.717) is 12.8 Å². The Kier molecular flexibility index (Phi) is 7.49. The highest BCUT2D eigenvalue weighted by Gasteiger charge is 2.43. The van der Waals surface area contributed by atoms with Crippen LogP contribution in [0.3, 0.4) is 0 Å². The molecule has 8 heteroatoms. The lowest BCUT2D eigenvalue weighted by Gasteiger charge is -2.32. The first-order valence-electron chi connectivity index (χ1n) is 11.4. The number of rotatable bonds is 8. The average molecular weight is 469 g/mol. The summed E-state index contributed by atoms with van der Waals surface area (Å²) in [5.74, 6) is -1.58. The molecule has 0 aromatic heterocycles. The molecule has 1 aliphatic rings. The molecule has 0 saturated carbocycles. The molecule has 0 saturated heterocycles. The van der Waals surface area contributed by atoms with Crippen molar-refractivity contribution in [2.24, 2.45) is 0 Å². The van der Waals surface area contributed by atoms with Gasteiger partial charge in [0.15, 0.2) is 0 Å². The summed E-state index contributed by atoms with van der Waals surface area (Å²) in [6, 6.07) is 15.8. The average Bonchev–Trinajstić information content (AvgIpc) is 3.08. The maximum Gasteiger partial charge on any atom is 0.409 e. The van der Waals surface area contributed by atoms with E-state index in [-0.39, 0.29) is 18.9 Å². The van der Waals surface area contributed by atoms with Crippen molar-refractivity contribution in [3.05, 3.63) is 59.7 Å². The van der Waals surface area contributed by atoms with E-state index in [2.05, 4.69) is 10.6 Å². The normalized spacial score (nSPS) is 14.4. The van der Waals surface area contributed by atoms with Crippen LogP contribution >= 0.6 is 0 Å². The third kappa shape index (κ3) is 5.68. The van der Waals surface area contributed by atoms with Crippen molar-refractivity contribution in [3.8, 4) is 11.1 Å². The van der Waals surface area contributed by atoms with Crippen LogP contribution in [0.2, 0.25) is 0 Å². The van der Waals surface area contributed by atoms with Crippen LogP contribution in [0.1, 0.15) is 64.0 Å². The van der Waals surface area contributed by atoms with Gasteiger partial charge in [0.05, 0.1) is 0 Å². The van der Waals surface area contributed by atoms with Gasteiger partial charge in [-0.05, 0) is 49.4 Å². The van der Waals surface area contributed by atoms with Crippen molar-refractivity contribution in [3.63, 3.8) is 0 Å². The van der Waals surface area contributed by atoms with Gasteiger partial charge in [0.2, 0.25) is 5.66 Å². The summed E-state index contributed by atoms with van der Waals surface area (Å²) in [6.07, 6.45) is -0.785. The number of fused-ring (bicyclic) bond motifs is 3. The molecule has 0 radical (unpaired) electrons. The summed E-state index contributed by atoms with van der Waals surface area (Å²) in [6.45, 7) is 6.91. The highest BCUT2D eigenvalue weighted by molar-refractivity contribution is 5.88. The molecule has 182 valence electrons. The zero-order valence-corrected chi connectivity index (χ0v) is 20.0. The number of ether oxygens (including phenoxy) is 2. The first-order chi connectivity index (χ1) is 16.1. The minimum Gasteiger partial charge on any atom is -0.478 e. The third-order valence-corrected chi connectivity index (χ3v) is 5.64. The van der Waals surface area contributed by atoms with E-state index < -0.39 is 29.4 Å². The second-order valence-corrected chi connectivity index (χ2v) is 9.39. The predicted molar refractivity (Wildman–Crippen MR) is 127 cm³/mol. The van der Waals surface area contributed by atoms with E-state index in [1.807, 2.05) is 55.5 Å². The van der Waals surface area contributed by atoms with E-state index in [1.165, 1.54) is 0 Å². The number of hydrogen-bond donors (Lipinski definition) is 3. The summed E-state index contributed by atoms with van der Waals surface area (Å²) < 4.78 is 10.7. The lowest BCUT2D eigenvalue weighted by atomic mass is 9.98. The lowest BCUT2D eigenvalue weighted by molar-refractivity contribution is -0.146. The third-order valence-electron chi connectivity index (χ3n) is 5.64. The van der Waals surface area contributed by atoms with E-state index >= 15 is 0 Å². The predicted octanol–water partition coefficient (Wildman–Crippen LogP) is 5.02. The smallest absolute Gasteiger partial charge is 0.409 e. The molecule has 1 atom stereocenters. The number of aliphatic carboxylic acids is 1. The van der Waals surface area contributed by atoms with Gasteiger partial charge in [-0.1, -0.05) is 61.9 Å². The highest BCUT2D eigenvalue weighted by atomic mass is 16.6. The maximum absolute atomic E-state index is 12.8. The molecule has 3 N–H and O–H groups in total. The summed E-state index contributed by atoms with van der Waals surface area (Å²) >= 11 is 0. The topological polar surface area (TPSA) is 114 Å². The molecule has 0 spiro atoms. The summed E-state index contributed by atoms with van der Waals surface area (Å²) in [4.78, 5) is 37.4. The number of hydrogen-bond acceptors (Lipinski definition) is 5. The number of nitrogens with one attached hydrogen (secondary N) is 2. The molecule has 0 bridgehead atoms. The number of alkyl carbamates (subject to hydrolysis) is 2. The molecule has 0 fully saturated rings. The molecule has 2 aromatic carbocycles. The number of carbonyl (C=O) groups is 3. The molecular formula is C26H32N2O6. The molecule has 0 aliphatic heterocycles. The fourth-order valence-electron chi connectivity index (χ4n) is 4.10. The largest absolute Gasteiger partial charge is 0.478 e. The Morgan fingerprint density at radius 2 is 1.44 bits per heavy atom. The number of amides is 2. The minimum absolute atomic E-state index is 0.0236. The lowest BCUT2D eigenvalue weighted by Crippen LogP contribution is -2.66. The van der Waals surface area contributed by atoms with Crippen molar-refractivity contribution < 1.29 is 29.0 Å². The number of benzene rings is 2. The van der Waals surface area contributed by atoms with E-state index in [4.69, 9.17) is 9.47 Å². The Labute approximate surface area is 199 Å². The van der Waals surface area contributed by atoms with Gasteiger partial charge in [0, 0.05) is 12.3 Å². The van der Waals surface area contributed by atoms with Gasteiger partial charge in [-0.25, -0.2) is 14.4 Å². The molecule has 1 unspecified atom stereocenters. The Hall–Kier alpha value is -3.55. The SMILES string of the molecule is CCCCC(NC(=O)OCC1c2ccccc2-c2ccccc21)(NC(=O)OC(C)(C)C)C(=O)O. The van der Waals surface area contributed by atoms with Crippen LogP contribution < -0.4 is 10.6 Å². The van der Waals surface area contributed by atoms with Gasteiger partial charge in [-0.15, -0.1) is 0 Å². The minimum atomic E-state index is -2.05. The monoisotopic (exact) mass is 468 g/mol.